The highest BCUT2D eigenvalue weighted by molar-refractivity contribution is 5.00. The van der Waals surface area contributed by atoms with E-state index in [0.717, 1.165) is 42.6 Å². The number of nitriles is 1. The molecule has 1 unspecified atom stereocenters. The Balaban J connectivity index is 1.42. The number of hydrogen-bond donors (Lipinski definition) is 0. The quantitative estimate of drug-likeness (QED) is 0.747. The van der Waals surface area contributed by atoms with Crippen LogP contribution in [0.15, 0.2) is 0 Å². The molecule has 1 aliphatic heterocycles. The van der Waals surface area contributed by atoms with Crippen molar-refractivity contribution in [3.05, 3.63) is 0 Å². The first kappa shape index (κ1) is 11.3. The average molecular weight is 244 g/mol. The summed E-state index contributed by atoms with van der Waals surface area (Å²) in [5.74, 6) is 5.57. The first-order valence-electron chi connectivity index (χ1n) is 7.93. The van der Waals surface area contributed by atoms with Gasteiger partial charge in [0.1, 0.15) is 0 Å². The van der Waals surface area contributed by atoms with E-state index in [4.69, 9.17) is 5.26 Å². The summed E-state index contributed by atoms with van der Waals surface area (Å²) >= 11 is 0. The van der Waals surface area contributed by atoms with Crippen LogP contribution in [-0.2, 0) is 0 Å². The van der Waals surface area contributed by atoms with E-state index in [1.54, 1.807) is 6.42 Å². The van der Waals surface area contributed by atoms with Crippen LogP contribution in [-0.4, -0.2) is 24.5 Å². The summed E-state index contributed by atoms with van der Waals surface area (Å²) in [7, 11) is 0. The minimum atomic E-state index is 0.321. The van der Waals surface area contributed by atoms with Crippen molar-refractivity contribution < 1.29 is 0 Å². The van der Waals surface area contributed by atoms with Crippen LogP contribution >= 0.6 is 0 Å². The molecule has 0 spiro atoms. The molecule has 0 aromatic heterocycles. The lowest BCUT2D eigenvalue weighted by Crippen LogP contribution is -2.48. The maximum absolute atomic E-state index is 9.01. The molecule has 5 fully saturated rings. The van der Waals surface area contributed by atoms with Gasteiger partial charge in [-0.05, 0) is 74.7 Å². The zero-order chi connectivity index (χ0) is 12.1. The third-order valence-corrected chi connectivity index (χ3v) is 6.35. The minimum absolute atomic E-state index is 0.321. The number of likely N-dealkylation sites (tertiary alicyclic amines) is 1. The molecule has 1 atom stereocenters. The monoisotopic (exact) mass is 244 g/mol. The summed E-state index contributed by atoms with van der Waals surface area (Å²) in [5, 5.41) is 9.01. The van der Waals surface area contributed by atoms with Gasteiger partial charge >= 0.3 is 0 Å². The van der Waals surface area contributed by atoms with E-state index in [1.165, 1.54) is 38.8 Å². The molecular weight excluding hydrogens is 220 g/mol. The average Bonchev–Trinajstić information content (AvgIpc) is 2.80. The minimum Gasteiger partial charge on any atom is -0.302 e. The summed E-state index contributed by atoms with van der Waals surface area (Å²) in [6.45, 7) is 3.55. The lowest BCUT2D eigenvalue weighted by atomic mass is 9.52. The number of rotatable bonds is 2. The van der Waals surface area contributed by atoms with Gasteiger partial charge < -0.3 is 4.90 Å². The molecule has 4 saturated carbocycles. The highest BCUT2D eigenvalue weighted by atomic mass is 15.1. The normalized spacial score (nSPS) is 50.6. The Morgan fingerprint density at radius 3 is 2.22 bits per heavy atom. The molecule has 0 radical (unpaired) electrons. The molecule has 0 N–H and O–H groups in total. The third kappa shape index (κ3) is 1.79. The van der Waals surface area contributed by atoms with Crippen molar-refractivity contribution in [2.75, 3.05) is 19.6 Å². The molecule has 0 amide bonds. The Bertz CT molecular complexity index is 342. The van der Waals surface area contributed by atoms with Gasteiger partial charge in [0, 0.05) is 13.1 Å². The van der Waals surface area contributed by atoms with Crippen LogP contribution < -0.4 is 0 Å². The van der Waals surface area contributed by atoms with Gasteiger partial charge in [-0.3, -0.25) is 0 Å². The van der Waals surface area contributed by atoms with Gasteiger partial charge in [-0.1, -0.05) is 0 Å². The standard InChI is InChI=1S/C16H24N2/c17-8-11-1-2-18(9-11)10-16-14-4-12-3-13(6-14)7-15(16)5-12/h11-16H,1-7,9-10H2. The topological polar surface area (TPSA) is 27.0 Å². The molecule has 0 aromatic rings. The van der Waals surface area contributed by atoms with Crippen LogP contribution in [0.2, 0.25) is 0 Å². The molecule has 1 heterocycles. The second kappa shape index (κ2) is 4.23. The van der Waals surface area contributed by atoms with Gasteiger partial charge in [0.15, 0.2) is 0 Å². The second-order valence-corrected chi connectivity index (χ2v) is 7.47. The Kier molecular flexibility index (Phi) is 2.66. The highest BCUT2D eigenvalue weighted by Gasteiger charge is 2.48. The molecule has 2 heteroatoms. The van der Waals surface area contributed by atoms with Crippen molar-refractivity contribution in [3.63, 3.8) is 0 Å². The summed E-state index contributed by atoms with van der Waals surface area (Å²) in [4.78, 5) is 2.60. The molecule has 1 saturated heterocycles. The Morgan fingerprint density at radius 2 is 1.67 bits per heavy atom. The smallest absolute Gasteiger partial charge is 0.0669 e. The van der Waals surface area contributed by atoms with Crippen molar-refractivity contribution in [1.82, 2.24) is 4.90 Å². The van der Waals surface area contributed by atoms with Crippen LogP contribution in [0.5, 0.6) is 0 Å². The first-order valence-corrected chi connectivity index (χ1v) is 7.93. The molecule has 0 aromatic carbocycles. The van der Waals surface area contributed by atoms with Crippen molar-refractivity contribution in [1.29, 1.82) is 5.26 Å². The largest absolute Gasteiger partial charge is 0.302 e. The second-order valence-electron chi connectivity index (χ2n) is 7.47. The molecular formula is C16H24N2. The van der Waals surface area contributed by atoms with E-state index in [2.05, 4.69) is 11.0 Å². The molecule has 5 aliphatic rings. The van der Waals surface area contributed by atoms with Gasteiger partial charge in [0.05, 0.1) is 12.0 Å². The van der Waals surface area contributed by atoms with Gasteiger partial charge in [0.25, 0.3) is 0 Å². The number of hydrogen-bond acceptors (Lipinski definition) is 2. The zero-order valence-electron chi connectivity index (χ0n) is 11.2. The fraction of sp³-hybridized carbons (Fsp3) is 0.938. The molecule has 4 bridgehead atoms. The van der Waals surface area contributed by atoms with E-state index in [9.17, 15) is 0 Å². The maximum Gasteiger partial charge on any atom is 0.0669 e. The Hall–Kier alpha value is -0.550. The van der Waals surface area contributed by atoms with Crippen LogP contribution in [0.3, 0.4) is 0 Å². The maximum atomic E-state index is 9.01. The summed E-state index contributed by atoms with van der Waals surface area (Å²) in [5.41, 5.74) is 0. The summed E-state index contributed by atoms with van der Waals surface area (Å²) in [6, 6.07) is 2.45. The van der Waals surface area contributed by atoms with Gasteiger partial charge in [-0.15, -0.1) is 0 Å². The van der Waals surface area contributed by atoms with Crippen molar-refractivity contribution in [2.45, 2.75) is 38.5 Å². The van der Waals surface area contributed by atoms with Crippen LogP contribution in [0.1, 0.15) is 38.5 Å². The molecule has 2 nitrogen and oxygen atoms in total. The fourth-order valence-electron chi connectivity index (χ4n) is 5.74. The predicted octanol–water partition coefficient (Wildman–Crippen LogP) is 2.90. The highest BCUT2D eigenvalue weighted by Crippen LogP contribution is 2.56. The molecule has 18 heavy (non-hydrogen) atoms. The van der Waals surface area contributed by atoms with E-state index in [1.807, 2.05) is 0 Å². The van der Waals surface area contributed by atoms with Crippen LogP contribution in [0, 0.1) is 46.8 Å². The van der Waals surface area contributed by atoms with Crippen molar-refractivity contribution >= 4 is 0 Å². The molecule has 4 aliphatic carbocycles. The SMILES string of the molecule is N#CC1CCN(CC2C3CC4CC(C3)CC2C4)C1. The van der Waals surface area contributed by atoms with Crippen LogP contribution in [0.25, 0.3) is 0 Å². The lowest BCUT2D eigenvalue weighted by Gasteiger charge is -2.55. The third-order valence-electron chi connectivity index (χ3n) is 6.35. The fourth-order valence-corrected chi connectivity index (χ4v) is 5.74. The molecule has 5 rings (SSSR count). The van der Waals surface area contributed by atoms with Crippen molar-refractivity contribution in [3.8, 4) is 6.07 Å². The van der Waals surface area contributed by atoms with E-state index in [-0.39, 0.29) is 0 Å². The van der Waals surface area contributed by atoms with Crippen molar-refractivity contribution in [2.24, 2.45) is 35.5 Å². The van der Waals surface area contributed by atoms with E-state index < -0.39 is 0 Å². The van der Waals surface area contributed by atoms with E-state index >= 15 is 0 Å². The summed E-state index contributed by atoms with van der Waals surface area (Å²) < 4.78 is 0. The predicted molar refractivity (Wildman–Crippen MR) is 70.7 cm³/mol. The van der Waals surface area contributed by atoms with Gasteiger partial charge in [-0.2, -0.15) is 5.26 Å². The Morgan fingerprint density at radius 1 is 1.00 bits per heavy atom. The van der Waals surface area contributed by atoms with E-state index in [0.29, 0.717) is 5.92 Å². The Labute approximate surface area is 110 Å². The van der Waals surface area contributed by atoms with Gasteiger partial charge in [0.2, 0.25) is 0 Å². The lowest BCUT2D eigenvalue weighted by molar-refractivity contribution is -0.0470. The summed E-state index contributed by atoms with van der Waals surface area (Å²) in [6.07, 6.45) is 8.81. The first-order chi connectivity index (χ1) is 8.81. The van der Waals surface area contributed by atoms with Gasteiger partial charge in [-0.25, -0.2) is 0 Å². The molecule has 98 valence electrons. The van der Waals surface area contributed by atoms with Crippen LogP contribution in [0.4, 0.5) is 0 Å². The number of nitrogens with zero attached hydrogens (tertiary/aromatic N) is 2. The zero-order valence-corrected chi connectivity index (χ0v) is 11.2.